The molecule has 0 bridgehead atoms. The summed E-state index contributed by atoms with van der Waals surface area (Å²) in [5.74, 6) is 2.53. The predicted molar refractivity (Wildman–Crippen MR) is 104 cm³/mol. The van der Waals surface area contributed by atoms with E-state index in [4.69, 9.17) is 9.26 Å². The van der Waals surface area contributed by atoms with E-state index in [1.807, 2.05) is 6.07 Å². The summed E-state index contributed by atoms with van der Waals surface area (Å²) in [7, 11) is 0. The number of nitrogens with zero attached hydrogens (tertiary/aromatic N) is 3. The standard InChI is InChI=1S/C19H35N5O2/c1-6-20-19(21-12-16-11-17(14(2)3)23-26-16)22-13-18(15(4)5)24-7-9-25-10-8-24/h11,14-15,18H,6-10,12-13H2,1-5H3,(H2,20,21,22). The molecule has 0 aliphatic carbocycles. The fourth-order valence-electron chi connectivity index (χ4n) is 3.07. The van der Waals surface area contributed by atoms with E-state index in [0.717, 1.165) is 56.8 Å². The Bertz CT molecular complexity index is 550. The third-order valence-corrected chi connectivity index (χ3v) is 4.67. The van der Waals surface area contributed by atoms with Crippen molar-refractivity contribution in [3.63, 3.8) is 0 Å². The molecule has 1 saturated heterocycles. The van der Waals surface area contributed by atoms with E-state index < -0.39 is 0 Å². The highest BCUT2D eigenvalue weighted by atomic mass is 16.5. The third-order valence-electron chi connectivity index (χ3n) is 4.67. The highest BCUT2D eigenvalue weighted by molar-refractivity contribution is 5.79. The summed E-state index contributed by atoms with van der Waals surface area (Å²) in [5, 5.41) is 10.9. The number of morpholine rings is 1. The summed E-state index contributed by atoms with van der Waals surface area (Å²) in [5.41, 5.74) is 0.973. The molecule has 1 aliphatic rings. The maximum atomic E-state index is 5.49. The average molecular weight is 366 g/mol. The van der Waals surface area contributed by atoms with Gasteiger partial charge in [-0.25, -0.2) is 4.99 Å². The van der Waals surface area contributed by atoms with Crippen LogP contribution in [0.5, 0.6) is 0 Å². The van der Waals surface area contributed by atoms with Crippen molar-refractivity contribution in [3.05, 3.63) is 17.5 Å². The zero-order valence-electron chi connectivity index (χ0n) is 16.9. The quantitative estimate of drug-likeness (QED) is 0.543. The molecule has 0 saturated carbocycles. The maximum Gasteiger partial charge on any atom is 0.191 e. The lowest BCUT2D eigenvalue weighted by Crippen LogP contribution is -2.52. The SMILES string of the molecule is CCNC(=NCc1cc(C(C)C)no1)NCC(C(C)C)N1CCOCC1. The number of guanidine groups is 1. The zero-order chi connectivity index (χ0) is 18.9. The van der Waals surface area contributed by atoms with Crippen LogP contribution in [0.25, 0.3) is 0 Å². The second-order valence-corrected chi connectivity index (χ2v) is 7.41. The molecule has 1 unspecified atom stereocenters. The van der Waals surface area contributed by atoms with Gasteiger partial charge in [-0.3, -0.25) is 4.90 Å². The Hall–Kier alpha value is -1.60. The number of aromatic nitrogens is 1. The van der Waals surface area contributed by atoms with Gasteiger partial charge in [0.1, 0.15) is 6.54 Å². The molecule has 148 valence electrons. The number of rotatable bonds is 8. The van der Waals surface area contributed by atoms with Gasteiger partial charge in [0.05, 0.1) is 18.9 Å². The molecule has 1 aliphatic heterocycles. The van der Waals surface area contributed by atoms with Gasteiger partial charge in [0.25, 0.3) is 0 Å². The Morgan fingerprint density at radius 3 is 2.54 bits per heavy atom. The van der Waals surface area contributed by atoms with Gasteiger partial charge in [-0.15, -0.1) is 0 Å². The smallest absolute Gasteiger partial charge is 0.191 e. The lowest BCUT2D eigenvalue weighted by Gasteiger charge is -2.37. The van der Waals surface area contributed by atoms with E-state index >= 15 is 0 Å². The zero-order valence-corrected chi connectivity index (χ0v) is 16.9. The van der Waals surface area contributed by atoms with Crippen molar-refractivity contribution in [1.82, 2.24) is 20.7 Å². The summed E-state index contributed by atoms with van der Waals surface area (Å²) in [6.07, 6.45) is 0. The first kappa shape index (κ1) is 20.7. The van der Waals surface area contributed by atoms with E-state index in [1.165, 1.54) is 0 Å². The summed E-state index contributed by atoms with van der Waals surface area (Å²) in [4.78, 5) is 7.16. The van der Waals surface area contributed by atoms with E-state index in [9.17, 15) is 0 Å². The first-order valence-electron chi connectivity index (χ1n) is 9.80. The van der Waals surface area contributed by atoms with Crippen LogP contribution in [0.2, 0.25) is 0 Å². The van der Waals surface area contributed by atoms with Gasteiger partial charge in [-0.2, -0.15) is 0 Å². The number of ether oxygens (including phenoxy) is 1. The molecule has 0 spiro atoms. The van der Waals surface area contributed by atoms with Crippen molar-refractivity contribution in [3.8, 4) is 0 Å². The molecule has 2 heterocycles. The van der Waals surface area contributed by atoms with Crippen LogP contribution in [0.4, 0.5) is 0 Å². The van der Waals surface area contributed by atoms with E-state index in [1.54, 1.807) is 0 Å². The van der Waals surface area contributed by atoms with Crippen LogP contribution in [0.1, 0.15) is 52.0 Å². The summed E-state index contributed by atoms with van der Waals surface area (Å²) in [6.45, 7) is 16.6. The summed E-state index contributed by atoms with van der Waals surface area (Å²) < 4.78 is 10.9. The Morgan fingerprint density at radius 1 is 1.23 bits per heavy atom. The maximum absolute atomic E-state index is 5.49. The van der Waals surface area contributed by atoms with Gasteiger partial charge in [-0.05, 0) is 18.8 Å². The van der Waals surface area contributed by atoms with Gasteiger partial charge >= 0.3 is 0 Å². The third kappa shape index (κ3) is 6.29. The highest BCUT2D eigenvalue weighted by Gasteiger charge is 2.23. The molecule has 0 radical (unpaired) electrons. The predicted octanol–water partition coefficient (Wildman–Crippen LogP) is 2.21. The average Bonchev–Trinajstić information content (AvgIpc) is 3.10. The van der Waals surface area contributed by atoms with Crippen LogP contribution in [0, 0.1) is 5.92 Å². The molecule has 0 amide bonds. The second-order valence-electron chi connectivity index (χ2n) is 7.41. The van der Waals surface area contributed by atoms with E-state index in [0.29, 0.717) is 24.4 Å². The lowest BCUT2D eigenvalue weighted by molar-refractivity contribution is 0.00752. The number of nitrogens with one attached hydrogen (secondary N) is 2. The minimum atomic E-state index is 0.364. The van der Waals surface area contributed by atoms with Gasteiger partial charge in [0.2, 0.25) is 0 Å². The Labute approximate surface area is 157 Å². The normalized spacial score (nSPS) is 17.7. The highest BCUT2D eigenvalue weighted by Crippen LogP contribution is 2.15. The monoisotopic (exact) mass is 365 g/mol. The molecule has 0 aromatic carbocycles. The van der Waals surface area contributed by atoms with Gasteiger partial charge in [0.15, 0.2) is 11.7 Å². The lowest BCUT2D eigenvalue weighted by atomic mass is 10.0. The molecule has 7 nitrogen and oxygen atoms in total. The fraction of sp³-hybridized carbons (Fsp3) is 0.789. The molecule has 1 atom stereocenters. The Kier molecular flexibility index (Phi) is 8.38. The molecule has 26 heavy (non-hydrogen) atoms. The van der Waals surface area contributed by atoms with Crippen LogP contribution in [-0.2, 0) is 11.3 Å². The van der Waals surface area contributed by atoms with E-state index in [2.05, 4.69) is 60.3 Å². The molecule has 1 aromatic heterocycles. The van der Waals surface area contributed by atoms with Gasteiger partial charge in [-0.1, -0.05) is 32.9 Å². The van der Waals surface area contributed by atoms with Crippen molar-refractivity contribution < 1.29 is 9.26 Å². The molecular formula is C19H35N5O2. The van der Waals surface area contributed by atoms with Crippen LogP contribution in [0.3, 0.4) is 0 Å². The molecular weight excluding hydrogens is 330 g/mol. The molecule has 2 rings (SSSR count). The second kappa shape index (κ2) is 10.5. The van der Waals surface area contributed by atoms with Crippen LogP contribution < -0.4 is 10.6 Å². The van der Waals surface area contributed by atoms with Crippen molar-refractivity contribution in [1.29, 1.82) is 0 Å². The van der Waals surface area contributed by atoms with Gasteiger partial charge < -0.3 is 19.9 Å². The number of aliphatic imine (C=N–C) groups is 1. The summed E-state index contributed by atoms with van der Waals surface area (Å²) >= 11 is 0. The number of hydrogen-bond acceptors (Lipinski definition) is 5. The fourth-order valence-corrected chi connectivity index (χ4v) is 3.07. The van der Waals surface area contributed by atoms with Crippen molar-refractivity contribution in [2.45, 2.75) is 53.1 Å². The largest absolute Gasteiger partial charge is 0.379 e. The minimum Gasteiger partial charge on any atom is -0.379 e. The van der Waals surface area contributed by atoms with Crippen molar-refractivity contribution in [2.75, 3.05) is 39.4 Å². The first-order valence-corrected chi connectivity index (χ1v) is 9.80. The van der Waals surface area contributed by atoms with Crippen LogP contribution in [0.15, 0.2) is 15.6 Å². The first-order chi connectivity index (χ1) is 12.5. The Balaban J connectivity index is 1.94. The molecule has 1 fully saturated rings. The molecule has 2 N–H and O–H groups in total. The molecule has 7 heteroatoms. The number of hydrogen-bond donors (Lipinski definition) is 2. The van der Waals surface area contributed by atoms with Crippen LogP contribution >= 0.6 is 0 Å². The van der Waals surface area contributed by atoms with Gasteiger partial charge in [0, 0.05) is 38.3 Å². The van der Waals surface area contributed by atoms with E-state index in [-0.39, 0.29) is 0 Å². The summed E-state index contributed by atoms with van der Waals surface area (Å²) in [6, 6.07) is 2.45. The Morgan fingerprint density at radius 2 is 1.96 bits per heavy atom. The topological polar surface area (TPSA) is 74.9 Å². The van der Waals surface area contributed by atoms with Crippen LogP contribution in [-0.4, -0.2) is 61.5 Å². The molecule has 1 aromatic rings. The van der Waals surface area contributed by atoms with Crippen molar-refractivity contribution >= 4 is 5.96 Å². The minimum absolute atomic E-state index is 0.364. The van der Waals surface area contributed by atoms with Crippen molar-refractivity contribution in [2.24, 2.45) is 10.9 Å².